The highest BCUT2D eigenvalue weighted by atomic mass is 28.3. The lowest BCUT2D eigenvalue weighted by Crippen LogP contribution is -2.08. The van der Waals surface area contributed by atoms with Gasteiger partial charge in [0.1, 0.15) is 0 Å². The molecule has 58 valence electrons. The molecule has 0 aromatic rings. The van der Waals surface area contributed by atoms with Crippen molar-refractivity contribution < 1.29 is 9.53 Å². The quantitative estimate of drug-likeness (QED) is 0.349. The Balaban J connectivity index is 3.19. The molecule has 0 N–H and O–H groups in total. The topological polar surface area (TPSA) is 26.3 Å². The second kappa shape index (κ2) is 5.23. The van der Waals surface area contributed by atoms with E-state index in [-0.39, 0.29) is 5.97 Å². The van der Waals surface area contributed by atoms with Crippen LogP contribution < -0.4 is 0 Å². The molecule has 0 fully saturated rings. The molecule has 0 heterocycles. The summed E-state index contributed by atoms with van der Waals surface area (Å²) in [4.78, 5) is 10.5. The van der Waals surface area contributed by atoms with Gasteiger partial charge in [-0.05, 0) is 6.04 Å². The van der Waals surface area contributed by atoms with Crippen molar-refractivity contribution in [3.63, 3.8) is 0 Å². The molecule has 0 aromatic heterocycles. The molecule has 3 heteroatoms. The van der Waals surface area contributed by atoms with E-state index in [1.165, 1.54) is 6.08 Å². The largest absolute Gasteiger partial charge is 0.463 e. The van der Waals surface area contributed by atoms with Gasteiger partial charge in [-0.25, -0.2) is 4.79 Å². The van der Waals surface area contributed by atoms with Gasteiger partial charge in [0.25, 0.3) is 0 Å². The van der Waals surface area contributed by atoms with E-state index in [0.717, 1.165) is 6.04 Å². The number of carbonyl (C=O) groups excluding carboxylic acids is 1. The van der Waals surface area contributed by atoms with Crippen LogP contribution in [-0.2, 0) is 9.53 Å². The third-order valence-electron chi connectivity index (χ3n) is 1.11. The molecule has 0 atom stereocenters. The zero-order valence-electron chi connectivity index (χ0n) is 6.59. The molecule has 0 aliphatic heterocycles. The van der Waals surface area contributed by atoms with Crippen LogP contribution in [0.2, 0.25) is 19.1 Å². The molecular formula is C7H14O2Si. The molecule has 0 bridgehead atoms. The Hall–Kier alpha value is -0.573. The highest BCUT2D eigenvalue weighted by molar-refractivity contribution is 6.55. The summed E-state index contributed by atoms with van der Waals surface area (Å²) in [6, 6.07) is 1.06. The van der Waals surface area contributed by atoms with E-state index < -0.39 is 8.80 Å². The van der Waals surface area contributed by atoms with E-state index >= 15 is 0 Å². The molecule has 0 spiro atoms. The van der Waals surface area contributed by atoms with Gasteiger partial charge in [0.2, 0.25) is 0 Å². The lowest BCUT2D eigenvalue weighted by molar-refractivity contribution is -0.137. The Morgan fingerprint density at radius 1 is 1.70 bits per heavy atom. The number of hydrogen-bond acceptors (Lipinski definition) is 2. The van der Waals surface area contributed by atoms with Crippen molar-refractivity contribution in [1.82, 2.24) is 0 Å². The zero-order valence-corrected chi connectivity index (χ0v) is 7.75. The van der Waals surface area contributed by atoms with Gasteiger partial charge in [-0.1, -0.05) is 19.7 Å². The van der Waals surface area contributed by atoms with E-state index in [1.54, 1.807) is 0 Å². The minimum Gasteiger partial charge on any atom is -0.463 e. The van der Waals surface area contributed by atoms with Crippen molar-refractivity contribution in [2.75, 3.05) is 6.61 Å². The summed E-state index contributed by atoms with van der Waals surface area (Å²) in [7, 11) is -0.552. The first-order valence-electron chi connectivity index (χ1n) is 3.46. The lowest BCUT2D eigenvalue weighted by atomic mass is 10.6. The van der Waals surface area contributed by atoms with Crippen LogP contribution in [0.5, 0.6) is 0 Å². The number of hydrogen-bond donors (Lipinski definition) is 0. The van der Waals surface area contributed by atoms with Gasteiger partial charge >= 0.3 is 5.97 Å². The van der Waals surface area contributed by atoms with Crippen molar-refractivity contribution >= 4 is 14.8 Å². The molecule has 0 aliphatic carbocycles. The standard InChI is InChI=1S/C7H14O2Si/c1-4-7(8)9-5-6-10(2)3/h4,10H,1,5-6H2,2-3H3. The van der Waals surface area contributed by atoms with E-state index in [4.69, 9.17) is 4.74 Å². The predicted molar refractivity (Wildman–Crippen MR) is 44.8 cm³/mol. The Kier molecular flexibility index (Phi) is 4.93. The van der Waals surface area contributed by atoms with Crippen LogP contribution in [-0.4, -0.2) is 21.4 Å². The first-order chi connectivity index (χ1) is 4.66. The molecular weight excluding hydrogens is 144 g/mol. The molecule has 2 nitrogen and oxygen atoms in total. The fourth-order valence-electron chi connectivity index (χ4n) is 0.454. The van der Waals surface area contributed by atoms with Gasteiger partial charge in [0.05, 0.1) is 6.61 Å². The maximum absolute atomic E-state index is 10.5. The van der Waals surface area contributed by atoms with E-state index in [2.05, 4.69) is 19.7 Å². The van der Waals surface area contributed by atoms with Gasteiger partial charge in [-0.3, -0.25) is 0 Å². The maximum atomic E-state index is 10.5. The van der Waals surface area contributed by atoms with Crippen molar-refractivity contribution in [3.8, 4) is 0 Å². The summed E-state index contributed by atoms with van der Waals surface area (Å²) < 4.78 is 4.78. The molecule has 0 amide bonds. The van der Waals surface area contributed by atoms with Crippen molar-refractivity contribution in [3.05, 3.63) is 12.7 Å². The van der Waals surface area contributed by atoms with E-state index in [1.807, 2.05) is 0 Å². The molecule has 0 rings (SSSR count). The summed E-state index contributed by atoms with van der Waals surface area (Å²) in [5, 5.41) is 0. The smallest absolute Gasteiger partial charge is 0.330 e. The molecule has 0 radical (unpaired) electrons. The van der Waals surface area contributed by atoms with Gasteiger partial charge in [0, 0.05) is 14.9 Å². The molecule has 0 saturated carbocycles. The number of ether oxygens (including phenoxy) is 1. The number of esters is 1. The van der Waals surface area contributed by atoms with Crippen LogP contribution in [0.3, 0.4) is 0 Å². The normalized spacial score (nSPS) is 9.50. The second-order valence-corrected chi connectivity index (χ2v) is 5.92. The molecule has 0 unspecified atom stereocenters. The monoisotopic (exact) mass is 158 g/mol. The predicted octanol–water partition coefficient (Wildman–Crippen LogP) is 1.20. The van der Waals surface area contributed by atoms with Gasteiger partial charge < -0.3 is 4.74 Å². The highest BCUT2D eigenvalue weighted by Gasteiger charge is 1.97. The fraction of sp³-hybridized carbons (Fsp3) is 0.571. The van der Waals surface area contributed by atoms with Crippen molar-refractivity contribution in [2.45, 2.75) is 19.1 Å². The number of rotatable bonds is 4. The summed E-state index contributed by atoms with van der Waals surface area (Å²) in [6.45, 7) is 8.31. The highest BCUT2D eigenvalue weighted by Crippen LogP contribution is 1.91. The van der Waals surface area contributed by atoms with Crippen LogP contribution >= 0.6 is 0 Å². The number of carbonyl (C=O) groups is 1. The Labute approximate surface area is 63.5 Å². The van der Waals surface area contributed by atoms with Crippen LogP contribution in [0.25, 0.3) is 0 Å². The van der Waals surface area contributed by atoms with Crippen LogP contribution in [0.15, 0.2) is 12.7 Å². The van der Waals surface area contributed by atoms with E-state index in [0.29, 0.717) is 6.61 Å². The van der Waals surface area contributed by atoms with Gasteiger partial charge in [0.15, 0.2) is 0 Å². The van der Waals surface area contributed by atoms with E-state index in [9.17, 15) is 4.79 Å². The molecule has 0 aromatic carbocycles. The van der Waals surface area contributed by atoms with Crippen LogP contribution in [0.1, 0.15) is 0 Å². The van der Waals surface area contributed by atoms with Crippen LogP contribution in [0, 0.1) is 0 Å². The first-order valence-corrected chi connectivity index (χ1v) is 6.58. The Morgan fingerprint density at radius 3 is 2.70 bits per heavy atom. The zero-order chi connectivity index (χ0) is 7.98. The Morgan fingerprint density at radius 2 is 2.30 bits per heavy atom. The molecule has 10 heavy (non-hydrogen) atoms. The average Bonchev–Trinajstić information content (AvgIpc) is 1.87. The molecule has 0 aliphatic rings. The third kappa shape index (κ3) is 5.56. The summed E-state index contributed by atoms with van der Waals surface area (Å²) in [5.74, 6) is -0.311. The third-order valence-corrected chi connectivity index (χ3v) is 2.50. The minimum absolute atomic E-state index is 0.311. The van der Waals surface area contributed by atoms with Gasteiger partial charge in [-0.15, -0.1) is 0 Å². The summed E-state index contributed by atoms with van der Waals surface area (Å²) >= 11 is 0. The van der Waals surface area contributed by atoms with Crippen molar-refractivity contribution in [2.24, 2.45) is 0 Å². The SMILES string of the molecule is C=CC(=O)OCC[SiH](C)C. The fourth-order valence-corrected chi connectivity index (χ4v) is 1.04. The summed E-state index contributed by atoms with van der Waals surface area (Å²) in [5.41, 5.74) is 0. The lowest BCUT2D eigenvalue weighted by Gasteiger charge is -2.02. The van der Waals surface area contributed by atoms with Gasteiger partial charge in [-0.2, -0.15) is 0 Å². The first kappa shape index (κ1) is 9.43. The van der Waals surface area contributed by atoms with Crippen molar-refractivity contribution in [1.29, 1.82) is 0 Å². The Bertz CT molecular complexity index is 121. The summed E-state index contributed by atoms with van der Waals surface area (Å²) in [6.07, 6.45) is 1.20. The minimum atomic E-state index is -0.552. The average molecular weight is 158 g/mol. The second-order valence-electron chi connectivity index (χ2n) is 2.55. The van der Waals surface area contributed by atoms with Crippen LogP contribution in [0.4, 0.5) is 0 Å². The maximum Gasteiger partial charge on any atom is 0.330 e. The molecule has 0 saturated heterocycles.